The fourth-order valence-electron chi connectivity index (χ4n) is 0.599. The smallest absolute Gasteiger partial charge is 0.209 e. The number of hydrogen-bond acceptors (Lipinski definition) is 5. The van der Waals surface area contributed by atoms with Crippen molar-refractivity contribution < 1.29 is 0 Å². The minimum atomic E-state index is 0.622. The molecule has 4 N–H and O–H groups in total. The molecule has 0 aliphatic carbocycles. The summed E-state index contributed by atoms with van der Waals surface area (Å²) in [6.45, 7) is 2.43. The van der Waals surface area contributed by atoms with E-state index in [2.05, 4.69) is 10.2 Å². The molecule has 1 aromatic heterocycles. The van der Waals surface area contributed by atoms with Crippen molar-refractivity contribution >= 4 is 11.8 Å². The molecule has 1 rings (SSSR count). The molecule has 0 bridgehead atoms. The van der Waals surface area contributed by atoms with Gasteiger partial charge in [0.05, 0.1) is 0 Å². The summed E-state index contributed by atoms with van der Waals surface area (Å²) >= 11 is 1.51. The highest BCUT2D eigenvalue weighted by Gasteiger charge is 2.04. The minimum absolute atomic E-state index is 0.622. The van der Waals surface area contributed by atoms with Gasteiger partial charge < -0.3 is 11.6 Å². The van der Waals surface area contributed by atoms with Gasteiger partial charge in [0, 0.05) is 12.3 Å². The fraction of sp³-hybridized carbons (Fsp3) is 0.600. The van der Waals surface area contributed by atoms with Crippen LogP contribution in [0.4, 0.5) is 0 Å². The lowest BCUT2D eigenvalue weighted by molar-refractivity contribution is 0.825. The van der Waals surface area contributed by atoms with E-state index in [1.54, 1.807) is 6.92 Å². The highest BCUT2D eigenvalue weighted by Crippen LogP contribution is 2.12. The third-order valence-electron chi connectivity index (χ3n) is 1.18. The van der Waals surface area contributed by atoms with Gasteiger partial charge in [0.2, 0.25) is 5.16 Å². The van der Waals surface area contributed by atoms with Crippen molar-refractivity contribution in [2.75, 3.05) is 18.1 Å². The minimum Gasteiger partial charge on any atom is -0.336 e. The summed E-state index contributed by atoms with van der Waals surface area (Å²) in [4.78, 5) is 0. The van der Waals surface area contributed by atoms with Gasteiger partial charge in [0.25, 0.3) is 0 Å². The van der Waals surface area contributed by atoms with E-state index in [9.17, 15) is 0 Å². The normalized spacial score (nSPS) is 10.4. The Bertz CT molecular complexity index is 233. The Morgan fingerprint density at radius 3 is 2.73 bits per heavy atom. The number of hydrogen-bond donors (Lipinski definition) is 2. The Kier molecular flexibility index (Phi) is 2.72. The van der Waals surface area contributed by atoms with Crippen LogP contribution in [0.25, 0.3) is 0 Å². The molecule has 0 aliphatic heterocycles. The summed E-state index contributed by atoms with van der Waals surface area (Å²) < 4.78 is 1.46. The van der Waals surface area contributed by atoms with Crippen LogP contribution in [0.5, 0.6) is 0 Å². The lowest BCUT2D eigenvalue weighted by atomic mass is 10.7. The molecule has 0 saturated carbocycles. The number of nitrogens with zero attached hydrogens (tertiary/aromatic N) is 3. The highest BCUT2D eigenvalue weighted by atomic mass is 32.2. The van der Waals surface area contributed by atoms with Crippen LogP contribution in [0.2, 0.25) is 0 Å². The second-order valence-electron chi connectivity index (χ2n) is 2.04. The van der Waals surface area contributed by atoms with E-state index < -0.39 is 0 Å². The summed E-state index contributed by atoms with van der Waals surface area (Å²) in [5.74, 6) is 7.10. The molecule has 1 aromatic rings. The number of aromatic nitrogens is 3. The molecule has 0 amide bonds. The summed E-state index contributed by atoms with van der Waals surface area (Å²) in [5, 5.41) is 8.36. The predicted molar refractivity (Wildman–Crippen MR) is 44.7 cm³/mol. The van der Waals surface area contributed by atoms with Gasteiger partial charge in [-0.1, -0.05) is 11.8 Å². The molecule has 1 heterocycles. The third-order valence-corrected chi connectivity index (χ3v) is 2.16. The van der Waals surface area contributed by atoms with Crippen molar-refractivity contribution in [3.05, 3.63) is 5.82 Å². The van der Waals surface area contributed by atoms with Crippen molar-refractivity contribution in [3.63, 3.8) is 0 Å². The van der Waals surface area contributed by atoms with Gasteiger partial charge in [-0.3, -0.25) is 0 Å². The second kappa shape index (κ2) is 3.59. The molecule has 0 unspecified atom stereocenters. The first-order chi connectivity index (χ1) is 5.25. The maximum absolute atomic E-state index is 5.57. The van der Waals surface area contributed by atoms with E-state index in [1.165, 1.54) is 16.4 Å². The van der Waals surface area contributed by atoms with E-state index in [0.717, 1.165) is 5.75 Å². The molecule has 0 saturated heterocycles. The molecule has 11 heavy (non-hydrogen) atoms. The number of rotatable bonds is 3. The molecular weight excluding hydrogens is 162 g/mol. The quantitative estimate of drug-likeness (QED) is 0.469. The van der Waals surface area contributed by atoms with Crippen LogP contribution in [-0.4, -0.2) is 27.2 Å². The zero-order valence-corrected chi connectivity index (χ0v) is 7.14. The molecule has 0 spiro atoms. The Hall–Kier alpha value is -0.750. The molecule has 0 atom stereocenters. The maximum Gasteiger partial charge on any atom is 0.209 e. The average molecular weight is 173 g/mol. The zero-order valence-electron chi connectivity index (χ0n) is 6.32. The molecule has 0 aliphatic rings. The first kappa shape index (κ1) is 8.35. The Morgan fingerprint density at radius 2 is 2.27 bits per heavy atom. The largest absolute Gasteiger partial charge is 0.336 e. The lowest BCUT2D eigenvalue weighted by Crippen LogP contribution is -2.12. The van der Waals surface area contributed by atoms with Crippen LogP contribution in [0.1, 0.15) is 5.82 Å². The Balaban J connectivity index is 2.63. The predicted octanol–water partition coefficient (Wildman–Crippen LogP) is -0.649. The topological polar surface area (TPSA) is 82.8 Å². The average Bonchev–Trinajstić information content (AvgIpc) is 2.31. The van der Waals surface area contributed by atoms with Gasteiger partial charge in [-0.15, -0.1) is 10.2 Å². The van der Waals surface area contributed by atoms with Crippen LogP contribution >= 0.6 is 11.8 Å². The summed E-state index contributed by atoms with van der Waals surface area (Å²) in [6, 6.07) is 0. The van der Waals surface area contributed by atoms with Gasteiger partial charge in [-0.2, -0.15) is 0 Å². The molecule has 0 radical (unpaired) electrons. The first-order valence-electron chi connectivity index (χ1n) is 3.25. The molecule has 6 heteroatoms. The Morgan fingerprint density at radius 1 is 1.55 bits per heavy atom. The monoisotopic (exact) mass is 173 g/mol. The van der Waals surface area contributed by atoms with Crippen LogP contribution < -0.4 is 11.6 Å². The third kappa shape index (κ3) is 1.84. The molecule has 5 nitrogen and oxygen atoms in total. The lowest BCUT2D eigenvalue weighted by Gasteiger charge is -1.98. The molecular formula is C5H11N5S. The van der Waals surface area contributed by atoms with Crippen molar-refractivity contribution in [2.45, 2.75) is 12.1 Å². The standard InChI is InChI=1S/C5H11N5S/c1-4-8-9-5(10(4)7)11-3-2-6/h2-3,6-7H2,1H3. The van der Waals surface area contributed by atoms with Gasteiger partial charge in [0.15, 0.2) is 0 Å². The summed E-state index contributed by atoms with van der Waals surface area (Å²) in [7, 11) is 0. The number of thioether (sulfide) groups is 1. The zero-order chi connectivity index (χ0) is 8.27. The van der Waals surface area contributed by atoms with Crippen LogP contribution in [0, 0.1) is 6.92 Å². The molecule has 62 valence electrons. The maximum atomic E-state index is 5.57. The Labute approximate surface area is 69.1 Å². The number of aryl methyl sites for hydroxylation is 1. The van der Waals surface area contributed by atoms with E-state index >= 15 is 0 Å². The van der Waals surface area contributed by atoms with E-state index in [4.69, 9.17) is 11.6 Å². The van der Waals surface area contributed by atoms with E-state index in [-0.39, 0.29) is 0 Å². The van der Waals surface area contributed by atoms with Gasteiger partial charge >= 0.3 is 0 Å². The van der Waals surface area contributed by atoms with E-state index in [0.29, 0.717) is 17.5 Å². The van der Waals surface area contributed by atoms with Crippen LogP contribution in [0.3, 0.4) is 0 Å². The van der Waals surface area contributed by atoms with Crippen molar-refractivity contribution in [3.8, 4) is 0 Å². The number of nitrogen functional groups attached to an aromatic ring is 1. The SMILES string of the molecule is Cc1nnc(SCCN)n1N. The van der Waals surface area contributed by atoms with Crippen LogP contribution in [-0.2, 0) is 0 Å². The van der Waals surface area contributed by atoms with Crippen molar-refractivity contribution in [1.29, 1.82) is 0 Å². The van der Waals surface area contributed by atoms with Gasteiger partial charge in [-0.05, 0) is 6.92 Å². The van der Waals surface area contributed by atoms with Crippen molar-refractivity contribution in [1.82, 2.24) is 14.9 Å². The molecule has 0 fully saturated rings. The van der Waals surface area contributed by atoms with Crippen molar-refractivity contribution in [2.24, 2.45) is 5.73 Å². The number of nitrogens with two attached hydrogens (primary N) is 2. The van der Waals surface area contributed by atoms with E-state index in [1.807, 2.05) is 0 Å². The first-order valence-corrected chi connectivity index (χ1v) is 4.24. The van der Waals surface area contributed by atoms with Gasteiger partial charge in [-0.25, -0.2) is 4.68 Å². The summed E-state index contributed by atoms with van der Waals surface area (Å²) in [6.07, 6.45) is 0. The highest BCUT2D eigenvalue weighted by molar-refractivity contribution is 7.99. The molecule has 0 aromatic carbocycles. The fourth-order valence-corrected chi connectivity index (χ4v) is 1.27. The van der Waals surface area contributed by atoms with Crippen LogP contribution in [0.15, 0.2) is 5.16 Å². The van der Waals surface area contributed by atoms with Gasteiger partial charge in [0.1, 0.15) is 5.82 Å². The summed E-state index contributed by atoms with van der Waals surface area (Å²) in [5.41, 5.74) is 5.31. The second-order valence-corrected chi connectivity index (χ2v) is 3.10.